The first-order valence-corrected chi connectivity index (χ1v) is 7.45. The van der Waals surface area contributed by atoms with Crippen LogP contribution in [-0.4, -0.2) is 19.1 Å². The van der Waals surface area contributed by atoms with Gasteiger partial charge < -0.3 is 10.6 Å². The van der Waals surface area contributed by atoms with Gasteiger partial charge in [-0.3, -0.25) is 0 Å². The van der Waals surface area contributed by atoms with Crippen molar-refractivity contribution in [3.63, 3.8) is 0 Å². The summed E-state index contributed by atoms with van der Waals surface area (Å²) in [4.78, 5) is 2.36. The summed E-state index contributed by atoms with van der Waals surface area (Å²) in [6, 6.07) is 6.72. The molecule has 0 fully saturated rings. The standard InChI is InChI=1S/C17H30N2/c1-6-7-8-9-17(4,13-18)19(5)16-11-14(2)10-15(3)12-16/h10-12H,6-9,13,18H2,1-5H3. The first-order chi connectivity index (χ1) is 8.92. The first-order valence-electron chi connectivity index (χ1n) is 7.45. The van der Waals surface area contributed by atoms with Gasteiger partial charge in [0.2, 0.25) is 0 Å². The number of unbranched alkanes of at least 4 members (excludes halogenated alkanes) is 2. The largest absolute Gasteiger partial charge is 0.368 e. The quantitative estimate of drug-likeness (QED) is 0.752. The zero-order chi connectivity index (χ0) is 14.5. The maximum absolute atomic E-state index is 6.06. The Balaban J connectivity index is 2.90. The van der Waals surface area contributed by atoms with Gasteiger partial charge in [-0.2, -0.15) is 0 Å². The Labute approximate surface area is 119 Å². The van der Waals surface area contributed by atoms with Crippen molar-refractivity contribution in [2.24, 2.45) is 5.73 Å². The minimum atomic E-state index is 0.0510. The molecule has 0 aromatic heterocycles. The molecule has 0 aliphatic rings. The van der Waals surface area contributed by atoms with Crippen molar-refractivity contribution in [1.29, 1.82) is 0 Å². The predicted molar refractivity (Wildman–Crippen MR) is 85.9 cm³/mol. The monoisotopic (exact) mass is 262 g/mol. The Morgan fingerprint density at radius 3 is 2.16 bits per heavy atom. The second-order valence-electron chi connectivity index (χ2n) is 6.06. The molecule has 0 bridgehead atoms. The van der Waals surface area contributed by atoms with Gasteiger partial charge in [-0.05, 0) is 50.5 Å². The maximum atomic E-state index is 6.06. The molecule has 2 heteroatoms. The smallest absolute Gasteiger partial charge is 0.0492 e. The topological polar surface area (TPSA) is 29.3 Å². The Hall–Kier alpha value is -1.02. The number of hydrogen-bond acceptors (Lipinski definition) is 2. The minimum Gasteiger partial charge on any atom is -0.368 e. The summed E-state index contributed by atoms with van der Waals surface area (Å²) >= 11 is 0. The van der Waals surface area contributed by atoms with Crippen LogP contribution in [0.5, 0.6) is 0 Å². The molecular weight excluding hydrogens is 232 g/mol. The summed E-state index contributed by atoms with van der Waals surface area (Å²) in [7, 11) is 2.17. The maximum Gasteiger partial charge on any atom is 0.0492 e. The van der Waals surface area contributed by atoms with Gasteiger partial charge in [0.1, 0.15) is 0 Å². The third-order valence-electron chi connectivity index (χ3n) is 4.16. The van der Waals surface area contributed by atoms with E-state index in [9.17, 15) is 0 Å². The molecule has 2 nitrogen and oxygen atoms in total. The second kappa shape index (κ2) is 6.95. The molecule has 0 saturated heterocycles. The third-order valence-corrected chi connectivity index (χ3v) is 4.16. The molecule has 0 spiro atoms. The number of nitrogens with two attached hydrogens (primary N) is 1. The third kappa shape index (κ3) is 4.24. The Morgan fingerprint density at radius 2 is 1.68 bits per heavy atom. The van der Waals surface area contributed by atoms with Gasteiger partial charge in [0.15, 0.2) is 0 Å². The number of benzene rings is 1. The Kier molecular flexibility index (Phi) is 5.86. The Bertz CT molecular complexity index is 380. The lowest BCUT2D eigenvalue weighted by Crippen LogP contribution is -2.50. The van der Waals surface area contributed by atoms with Gasteiger partial charge in [0.25, 0.3) is 0 Å². The zero-order valence-electron chi connectivity index (χ0n) is 13.3. The fraction of sp³-hybridized carbons (Fsp3) is 0.647. The lowest BCUT2D eigenvalue weighted by Gasteiger charge is -2.40. The molecule has 108 valence electrons. The van der Waals surface area contributed by atoms with Gasteiger partial charge in [-0.1, -0.05) is 32.3 Å². The molecule has 0 saturated carbocycles. The van der Waals surface area contributed by atoms with Crippen molar-refractivity contribution >= 4 is 5.69 Å². The van der Waals surface area contributed by atoms with Gasteiger partial charge in [-0.25, -0.2) is 0 Å². The van der Waals surface area contributed by atoms with E-state index in [0.29, 0.717) is 6.54 Å². The summed E-state index contributed by atoms with van der Waals surface area (Å²) in [6.07, 6.45) is 4.95. The fourth-order valence-corrected chi connectivity index (χ4v) is 2.62. The van der Waals surface area contributed by atoms with Crippen molar-refractivity contribution < 1.29 is 0 Å². The predicted octanol–water partition coefficient (Wildman–Crippen LogP) is 4.04. The van der Waals surface area contributed by atoms with E-state index in [0.717, 1.165) is 6.42 Å². The van der Waals surface area contributed by atoms with Gasteiger partial charge >= 0.3 is 0 Å². The highest BCUT2D eigenvalue weighted by atomic mass is 15.2. The van der Waals surface area contributed by atoms with E-state index < -0.39 is 0 Å². The lowest BCUT2D eigenvalue weighted by atomic mass is 9.92. The van der Waals surface area contributed by atoms with Gasteiger partial charge in [0, 0.05) is 24.8 Å². The highest BCUT2D eigenvalue weighted by Crippen LogP contribution is 2.28. The molecular formula is C17H30N2. The van der Waals surface area contributed by atoms with Crippen molar-refractivity contribution in [2.75, 3.05) is 18.5 Å². The summed E-state index contributed by atoms with van der Waals surface area (Å²) in [5.74, 6) is 0. The molecule has 0 amide bonds. The number of likely N-dealkylation sites (N-methyl/N-ethyl adjacent to an activating group) is 1. The van der Waals surface area contributed by atoms with Crippen LogP contribution in [0.3, 0.4) is 0 Å². The SMILES string of the molecule is CCCCCC(C)(CN)N(C)c1cc(C)cc(C)c1. The normalized spacial score (nSPS) is 14.2. The van der Waals surface area contributed by atoms with Crippen LogP contribution in [0.4, 0.5) is 5.69 Å². The van der Waals surface area contributed by atoms with Crippen LogP contribution in [-0.2, 0) is 0 Å². The van der Waals surface area contributed by atoms with Crippen LogP contribution in [0.15, 0.2) is 18.2 Å². The highest BCUT2D eigenvalue weighted by molar-refractivity contribution is 5.52. The van der Waals surface area contributed by atoms with Crippen LogP contribution in [0.1, 0.15) is 50.7 Å². The van der Waals surface area contributed by atoms with Crippen molar-refractivity contribution in [3.05, 3.63) is 29.3 Å². The van der Waals surface area contributed by atoms with E-state index in [2.05, 4.69) is 57.8 Å². The summed E-state index contributed by atoms with van der Waals surface area (Å²) in [5.41, 5.74) is 10.0. The molecule has 0 aliphatic carbocycles. The molecule has 1 aromatic rings. The highest BCUT2D eigenvalue weighted by Gasteiger charge is 2.27. The van der Waals surface area contributed by atoms with Crippen LogP contribution in [0, 0.1) is 13.8 Å². The van der Waals surface area contributed by atoms with Crippen molar-refractivity contribution in [3.8, 4) is 0 Å². The fourth-order valence-electron chi connectivity index (χ4n) is 2.62. The van der Waals surface area contributed by atoms with E-state index >= 15 is 0 Å². The van der Waals surface area contributed by atoms with Crippen LogP contribution < -0.4 is 10.6 Å². The summed E-state index contributed by atoms with van der Waals surface area (Å²) in [5, 5.41) is 0. The lowest BCUT2D eigenvalue weighted by molar-refractivity contribution is 0.400. The molecule has 0 heterocycles. The summed E-state index contributed by atoms with van der Waals surface area (Å²) in [6.45, 7) is 9.52. The molecule has 2 N–H and O–H groups in total. The zero-order valence-corrected chi connectivity index (χ0v) is 13.3. The van der Waals surface area contributed by atoms with Crippen LogP contribution in [0.25, 0.3) is 0 Å². The number of hydrogen-bond donors (Lipinski definition) is 1. The molecule has 1 aromatic carbocycles. The van der Waals surface area contributed by atoms with E-state index in [-0.39, 0.29) is 5.54 Å². The molecule has 0 aliphatic heterocycles. The number of aryl methyl sites for hydroxylation is 2. The Morgan fingerprint density at radius 1 is 1.11 bits per heavy atom. The molecule has 1 rings (SSSR count). The molecule has 0 radical (unpaired) electrons. The average molecular weight is 262 g/mol. The van der Waals surface area contributed by atoms with Crippen molar-refractivity contribution in [2.45, 2.75) is 58.9 Å². The van der Waals surface area contributed by atoms with E-state index in [1.165, 1.54) is 36.1 Å². The molecule has 1 atom stereocenters. The van der Waals surface area contributed by atoms with Gasteiger partial charge in [0.05, 0.1) is 0 Å². The number of anilines is 1. The van der Waals surface area contributed by atoms with E-state index in [4.69, 9.17) is 5.73 Å². The van der Waals surface area contributed by atoms with E-state index in [1.807, 2.05) is 0 Å². The number of nitrogens with zero attached hydrogens (tertiary/aromatic N) is 1. The van der Waals surface area contributed by atoms with Gasteiger partial charge in [-0.15, -0.1) is 0 Å². The second-order valence-corrected chi connectivity index (χ2v) is 6.06. The minimum absolute atomic E-state index is 0.0510. The van der Waals surface area contributed by atoms with Crippen molar-refractivity contribution in [1.82, 2.24) is 0 Å². The van der Waals surface area contributed by atoms with E-state index in [1.54, 1.807) is 0 Å². The van der Waals surface area contributed by atoms with Crippen LogP contribution >= 0.6 is 0 Å². The average Bonchev–Trinajstić information content (AvgIpc) is 2.36. The first kappa shape index (κ1) is 16.0. The number of rotatable bonds is 7. The molecule has 1 unspecified atom stereocenters. The summed E-state index contributed by atoms with van der Waals surface area (Å²) < 4.78 is 0. The van der Waals surface area contributed by atoms with Crippen LogP contribution in [0.2, 0.25) is 0 Å². The molecule has 19 heavy (non-hydrogen) atoms.